The van der Waals surface area contributed by atoms with Gasteiger partial charge in [0, 0.05) is 37.2 Å². The zero-order chi connectivity index (χ0) is 20.1. The lowest BCUT2D eigenvalue weighted by Crippen LogP contribution is -2.58. The van der Waals surface area contributed by atoms with Crippen molar-refractivity contribution in [1.29, 1.82) is 0 Å². The number of halogens is 1. The van der Waals surface area contributed by atoms with E-state index in [2.05, 4.69) is 23.1 Å². The van der Waals surface area contributed by atoms with E-state index in [0.717, 1.165) is 43.2 Å². The highest BCUT2D eigenvalue weighted by molar-refractivity contribution is 5.64. The van der Waals surface area contributed by atoms with Crippen LogP contribution in [0.25, 0.3) is 0 Å². The molecule has 1 fully saturated rings. The van der Waals surface area contributed by atoms with Gasteiger partial charge in [0.25, 0.3) is 0 Å². The van der Waals surface area contributed by atoms with Gasteiger partial charge >= 0.3 is 0 Å². The maximum atomic E-state index is 8.60. The molecular weight excluding hydrogens is 394 g/mol. The number of benzene rings is 1. The molecule has 154 valence electrons. The van der Waals surface area contributed by atoms with Crippen LogP contribution in [0.15, 0.2) is 18.2 Å². The molecule has 4 unspecified atom stereocenters. The standard InChI is InChI=1S/C18H21NO4.ClHO4/c1-20-11-3-4-18-5-6-19(15(18)7-11)9-12-13(18)8-14-17(16(12)21-2)23-10-22-14;2-1(3,4)5/h3-4,8,11,15H,5-7,9-10H2,1-2H3;(H,2,3,4,5). The van der Waals surface area contributed by atoms with Crippen LogP contribution in [0.2, 0.25) is 0 Å². The quantitative estimate of drug-likeness (QED) is 0.550. The molecule has 1 saturated heterocycles. The van der Waals surface area contributed by atoms with Crippen molar-refractivity contribution in [3.8, 4) is 17.2 Å². The van der Waals surface area contributed by atoms with Gasteiger partial charge in [-0.05, 0) is 24.5 Å². The molecule has 0 amide bonds. The first-order valence-corrected chi connectivity index (χ1v) is 10.1. The predicted molar refractivity (Wildman–Crippen MR) is 86.4 cm³/mol. The molecule has 2 bridgehead atoms. The van der Waals surface area contributed by atoms with Gasteiger partial charge in [0.1, 0.15) is 0 Å². The zero-order valence-electron chi connectivity index (χ0n) is 15.6. The molecule has 3 aliphatic heterocycles. The molecule has 1 aromatic carbocycles. The van der Waals surface area contributed by atoms with E-state index in [9.17, 15) is 0 Å². The molecule has 3 heterocycles. The van der Waals surface area contributed by atoms with Gasteiger partial charge in [0.15, 0.2) is 11.5 Å². The van der Waals surface area contributed by atoms with Gasteiger partial charge in [0.05, 0.1) is 28.1 Å². The Bertz CT molecular complexity index is 789. The lowest BCUT2D eigenvalue weighted by molar-refractivity contribution is -1.92. The lowest BCUT2D eigenvalue weighted by atomic mass is 9.66. The molecule has 28 heavy (non-hydrogen) atoms. The lowest BCUT2D eigenvalue weighted by Gasteiger charge is -2.46. The third kappa shape index (κ3) is 3.22. The van der Waals surface area contributed by atoms with Crippen molar-refractivity contribution in [2.24, 2.45) is 0 Å². The summed E-state index contributed by atoms with van der Waals surface area (Å²) in [6.07, 6.45) is 7.00. The Hall–Kier alpha value is -1.59. The number of hydrogen-bond acceptors (Lipinski definition) is 9. The van der Waals surface area contributed by atoms with Gasteiger partial charge in [-0.2, -0.15) is 14.0 Å². The molecule has 5 rings (SSSR count). The molecule has 4 atom stereocenters. The number of nitrogens with zero attached hydrogens (tertiary/aromatic N) is 1. The summed E-state index contributed by atoms with van der Waals surface area (Å²) >= 11 is 0. The Morgan fingerprint density at radius 3 is 2.71 bits per heavy atom. The minimum absolute atomic E-state index is 0.0525. The Morgan fingerprint density at radius 1 is 1.29 bits per heavy atom. The molecule has 0 radical (unpaired) electrons. The molecule has 10 heteroatoms. The largest absolute Gasteiger partial charge is 0.492 e. The van der Waals surface area contributed by atoms with Gasteiger partial charge < -0.3 is 18.9 Å². The van der Waals surface area contributed by atoms with Crippen molar-refractivity contribution in [2.45, 2.75) is 36.9 Å². The van der Waals surface area contributed by atoms with Gasteiger partial charge in [-0.25, -0.2) is 0 Å². The second-order valence-electron chi connectivity index (χ2n) is 7.21. The predicted octanol–water partition coefficient (Wildman–Crippen LogP) is -1.90. The first kappa shape index (κ1) is 19.7. The molecule has 9 nitrogen and oxygen atoms in total. The van der Waals surface area contributed by atoms with Crippen molar-refractivity contribution in [1.82, 2.24) is 4.90 Å². The maximum Gasteiger partial charge on any atom is 0.231 e. The van der Waals surface area contributed by atoms with Gasteiger partial charge in [-0.15, -0.1) is 0 Å². The van der Waals surface area contributed by atoms with E-state index < -0.39 is 10.2 Å². The molecule has 0 spiro atoms. The average molecular weight is 416 g/mol. The highest BCUT2D eigenvalue weighted by Crippen LogP contribution is 2.57. The van der Waals surface area contributed by atoms with Crippen LogP contribution >= 0.6 is 0 Å². The fourth-order valence-electron chi connectivity index (χ4n) is 4.92. The number of fused-ring (bicyclic) bond motifs is 2. The zero-order valence-corrected chi connectivity index (χ0v) is 16.3. The molecule has 1 N–H and O–H groups in total. The summed E-state index contributed by atoms with van der Waals surface area (Å²) in [4.78, 5) is 2.57. The summed E-state index contributed by atoms with van der Waals surface area (Å²) in [5.74, 6) is 2.43. The molecule has 0 aromatic heterocycles. The van der Waals surface area contributed by atoms with Crippen molar-refractivity contribution >= 4 is 0 Å². The monoisotopic (exact) mass is 415 g/mol. The smallest absolute Gasteiger partial charge is 0.231 e. The van der Waals surface area contributed by atoms with Crippen molar-refractivity contribution in [3.63, 3.8) is 0 Å². The van der Waals surface area contributed by atoms with Crippen LogP contribution in [0.5, 0.6) is 17.2 Å². The average Bonchev–Trinajstić information content (AvgIpc) is 3.21. The van der Waals surface area contributed by atoms with Crippen LogP contribution in [0.3, 0.4) is 0 Å². The van der Waals surface area contributed by atoms with Gasteiger partial charge in [0.2, 0.25) is 12.5 Å². The van der Waals surface area contributed by atoms with E-state index in [1.165, 1.54) is 11.1 Å². The first-order valence-electron chi connectivity index (χ1n) is 8.86. The van der Waals surface area contributed by atoms with Crippen LogP contribution in [0, 0.1) is 10.2 Å². The van der Waals surface area contributed by atoms with Crippen LogP contribution in [0.1, 0.15) is 24.0 Å². The Labute approximate surface area is 164 Å². The van der Waals surface area contributed by atoms with E-state index >= 15 is 0 Å². The summed E-state index contributed by atoms with van der Waals surface area (Å²) in [7, 11) is -1.18. The van der Waals surface area contributed by atoms with E-state index in [1.807, 2.05) is 0 Å². The van der Waals surface area contributed by atoms with Crippen molar-refractivity contribution < 1.29 is 47.8 Å². The Morgan fingerprint density at radius 2 is 2.04 bits per heavy atom. The summed E-state index contributed by atoms with van der Waals surface area (Å²) in [6.45, 7) is 2.29. The summed E-state index contributed by atoms with van der Waals surface area (Å²) < 4.78 is 55.3. The second-order valence-corrected chi connectivity index (χ2v) is 8.00. The molecule has 4 aliphatic rings. The van der Waals surface area contributed by atoms with E-state index in [0.29, 0.717) is 6.04 Å². The SMILES string of the molecule is COc1c2c(cc3c1OCO3)C13C=CC(OC)CC1N(CC3)C2.[O-][Cl+3]([O-])([O-])O. The topological polar surface area (TPSA) is 130 Å². The highest BCUT2D eigenvalue weighted by atomic mass is 35.7. The Kier molecular flexibility index (Phi) is 4.95. The number of ether oxygens (including phenoxy) is 4. The fourth-order valence-corrected chi connectivity index (χ4v) is 4.92. The Balaban J connectivity index is 0.000000346. The number of methoxy groups -OCH3 is 2. The summed E-state index contributed by atoms with van der Waals surface area (Å²) in [6, 6.07) is 2.68. The highest BCUT2D eigenvalue weighted by Gasteiger charge is 2.54. The fraction of sp³-hybridized carbons (Fsp3) is 0.556. The number of rotatable bonds is 2. The third-order valence-electron chi connectivity index (χ3n) is 6.00. The van der Waals surface area contributed by atoms with E-state index in [4.69, 9.17) is 37.6 Å². The summed E-state index contributed by atoms with van der Waals surface area (Å²) in [5, 5.41) is 0. The second kappa shape index (κ2) is 7.03. The van der Waals surface area contributed by atoms with Gasteiger partial charge in [-0.1, -0.05) is 12.2 Å². The van der Waals surface area contributed by atoms with Crippen LogP contribution in [-0.4, -0.2) is 49.3 Å². The minimum Gasteiger partial charge on any atom is -0.492 e. The number of hydrogen-bond donors (Lipinski definition) is 1. The maximum absolute atomic E-state index is 8.60. The van der Waals surface area contributed by atoms with Gasteiger partial charge in [-0.3, -0.25) is 4.90 Å². The van der Waals surface area contributed by atoms with Crippen molar-refractivity contribution in [2.75, 3.05) is 27.6 Å². The van der Waals surface area contributed by atoms with Crippen LogP contribution in [-0.2, 0) is 16.7 Å². The normalized spacial score (nSPS) is 31.6. The molecule has 0 saturated carbocycles. The minimum atomic E-state index is -4.69. The van der Waals surface area contributed by atoms with Crippen LogP contribution < -0.4 is 28.2 Å². The van der Waals surface area contributed by atoms with E-state index in [-0.39, 0.29) is 18.3 Å². The van der Waals surface area contributed by atoms with Crippen LogP contribution in [0.4, 0.5) is 0 Å². The van der Waals surface area contributed by atoms with E-state index in [1.54, 1.807) is 14.2 Å². The third-order valence-corrected chi connectivity index (χ3v) is 6.00. The molecule has 1 aliphatic carbocycles. The van der Waals surface area contributed by atoms with Crippen molar-refractivity contribution in [3.05, 3.63) is 29.3 Å². The molecule has 1 aromatic rings. The summed E-state index contributed by atoms with van der Waals surface area (Å²) in [5.41, 5.74) is 2.66. The molecular formula is C18H22ClNO8. The first-order chi connectivity index (χ1) is 13.3.